The van der Waals surface area contributed by atoms with Gasteiger partial charge in [-0.3, -0.25) is 9.59 Å². The average Bonchev–Trinajstić information content (AvgIpc) is 2.38. The van der Waals surface area contributed by atoms with Crippen LogP contribution in [0.3, 0.4) is 0 Å². The van der Waals surface area contributed by atoms with E-state index in [9.17, 15) is 14.7 Å². The molecule has 0 aromatic heterocycles. The van der Waals surface area contributed by atoms with Gasteiger partial charge in [0.15, 0.2) is 0 Å². The number of carbonyl (C=O) groups is 2. The summed E-state index contributed by atoms with van der Waals surface area (Å²) in [4.78, 5) is 22.9. The molecule has 1 aliphatic heterocycles. The van der Waals surface area contributed by atoms with Crippen LogP contribution in [-0.4, -0.2) is 36.1 Å². The molecule has 2 amide bonds. The van der Waals surface area contributed by atoms with Crippen LogP contribution in [0.5, 0.6) is 0 Å². The Kier molecular flexibility index (Phi) is 4.58. The monoisotopic (exact) mass is 254 g/mol. The van der Waals surface area contributed by atoms with E-state index >= 15 is 0 Å². The van der Waals surface area contributed by atoms with Gasteiger partial charge in [0.05, 0.1) is 12.0 Å². The summed E-state index contributed by atoms with van der Waals surface area (Å²) in [6, 6.07) is 0. The first-order chi connectivity index (χ1) is 8.66. The molecule has 0 aromatic carbocycles. The molecular formula is C13H22N2O3. The lowest BCUT2D eigenvalue weighted by Gasteiger charge is -2.29. The summed E-state index contributed by atoms with van der Waals surface area (Å²) in [5.41, 5.74) is 0. The summed E-state index contributed by atoms with van der Waals surface area (Å²) in [5, 5.41) is 15.4. The molecule has 0 bridgehead atoms. The molecule has 2 rings (SSSR count). The molecule has 1 saturated heterocycles. The summed E-state index contributed by atoms with van der Waals surface area (Å²) >= 11 is 0. The normalized spacial score (nSPS) is 32.7. The molecule has 5 nitrogen and oxygen atoms in total. The Morgan fingerprint density at radius 1 is 1.33 bits per heavy atom. The number of hydrogen-bond acceptors (Lipinski definition) is 3. The molecule has 1 saturated carbocycles. The van der Waals surface area contributed by atoms with Crippen LogP contribution in [0.2, 0.25) is 0 Å². The van der Waals surface area contributed by atoms with Crippen molar-refractivity contribution < 1.29 is 14.7 Å². The molecule has 3 N–H and O–H groups in total. The summed E-state index contributed by atoms with van der Waals surface area (Å²) in [7, 11) is 0. The van der Waals surface area contributed by atoms with Gasteiger partial charge in [-0.1, -0.05) is 12.8 Å². The highest BCUT2D eigenvalue weighted by Crippen LogP contribution is 2.23. The van der Waals surface area contributed by atoms with Crippen molar-refractivity contribution in [1.82, 2.24) is 10.6 Å². The van der Waals surface area contributed by atoms with Crippen molar-refractivity contribution >= 4 is 11.8 Å². The van der Waals surface area contributed by atoms with Gasteiger partial charge in [0, 0.05) is 25.4 Å². The Hall–Kier alpha value is -1.10. The number of hydrogen-bond donors (Lipinski definition) is 3. The minimum Gasteiger partial charge on any atom is -0.393 e. The first-order valence-electron chi connectivity index (χ1n) is 6.89. The Morgan fingerprint density at radius 2 is 2.11 bits per heavy atom. The van der Waals surface area contributed by atoms with Crippen LogP contribution >= 0.6 is 0 Å². The van der Waals surface area contributed by atoms with Crippen molar-refractivity contribution in [2.75, 3.05) is 13.1 Å². The molecule has 2 fully saturated rings. The van der Waals surface area contributed by atoms with Crippen LogP contribution in [0.15, 0.2) is 0 Å². The van der Waals surface area contributed by atoms with Crippen LogP contribution in [0, 0.1) is 11.8 Å². The maximum Gasteiger partial charge on any atom is 0.224 e. The Labute approximate surface area is 107 Å². The second kappa shape index (κ2) is 6.18. The van der Waals surface area contributed by atoms with E-state index in [4.69, 9.17) is 0 Å². The van der Waals surface area contributed by atoms with E-state index in [2.05, 4.69) is 10.6 Å². The van der Waals surface area contributed by atoms with Gasteiger partial charge in [-0.05, 0) is 19.3 Å². The van der Waals surface area contributed by atoms with Gasteiger partial charge in [0.25, 0.3) is 0 Å². The number of aliphatic hydroxyl groups is 1. The first-order valence-corrected chi connectivity index (χ1v) is 6.89. The van der Waals surface area contributed by atoms with E-state index in [0.29, 0.717) is 25.9 Å². The molecule has 1 heterocycles. The maximum atomic E-state index is 11.9. The fourth-order valence-electron chi connectivity index (χ4n) is 2.76. The zero-order valence-electron chi connectivity index (χ0n) is 10.7. The fourth-order valence-corrected chi connectivity index (χ4v) is 2.76. The van der Waals surface area contributed by atoms with Crippen LogP contribution in [0.4, 0.5) is 0 Å². The number of nitrogens with one attached hydrogen (secondary N) is 2. The van der Waals surface area contributed by atoms with Gasteiger partial charge in [0.2, 0.25) is 11.8 Å². The quantitative estimate of drug-likeness (QED) is 0.672. The van der Waals surface area contributed by atoms with Gasteiger partial charge in [-0.25, -0.2) is 0 Å². The maximum absolute atomic E-state index is 11.9. The minimum atomic E-state index is -0.273. The zero-order valence-corrected chi connectivity index (χ0v) is 10.7. The summed E-state index contributed by atoms with van der Waals surface area (Å²) < 4.78 is 0. The molecule has 3 atom stereocenters. The highest BCUT2D eigenvalue weighted by atomic mass is 16.3. The summed E-state index contributed by atoms with van der Waals surface area (Å²) in [6.07, 6.45) is 4.85. The fraction of sp³-hybridized carbons (Fsp3) is 0.846. The third-order valence-electron chi connectivity index (χ3n) is 4.04. The predicted molar refractivity (Wildman–Crippen MR) is 66.7 cm³/mol. The SMILES string of the molecule is O=C1CCC(C(=O)NCC2CCCCC2O)CN1. The Bertz CT molecular complexity index is 309. The van der Waals surface area contributed by atoms with E-state index in [-0.39, 0.29) is 29.8 Å². The topological polar surface area (TPSA) is 78.4 Å². The molecule has 18 heavy (non-hydrogen) atoms. The average molecular weight is 254 g/mol. The number of amides is 2. The molecule has 0 radical (unpaired) electrons. The molecular weight excluding hydrogens is 232 g/mol. The van der Waals surface area contributed by atoms with E-state index in [1.807, 2.05) is 0 Å². The molecule has 102 valence electrons. The van der Waals surface area contributed by atoms with E-state index in [0.717, 1.165) is 25.7 Å². The zero-order chi connectivity index (χ0) is 13.0. The summed E-state index contributed by atoms with van der Waals surface area (Å²) in [6.45, 7) is 1.00. The third-order valence-corrected chi connectivity index (χ3v) is 4.04. The second-order valence-corrected chi connectivity index (χ2v) is 5.40. The van der Waals surface area contributed by atoms with Gasteiger partial charge in [0.1, 0.15) is 0 Å². The van der Waals surface area contributed by atoms with Gasteiger partial charge in [-0.15, -0.1) is 0 Å². The second-order valence-electron chi connectivity index (χ2n) is 5.40. The van der Waals surface area contributed by atoms with Gasteiger partial charge in [-0.2, -0.15) is 0 Å². The van der Waals surface area contributed by atoms with Crippen molar-refractivity contribution in [3.63, 3.8) is 0 Å². The number of rotatable bonds is 3. The van der Waals surface area contributed by atoms with Crippen molar-refractivity contribution in [2.24, 2.45) is 11.8 Å². The lowest BCUT2D eigenvalue weighted by molar-refractivity contribution is -0.129. The number of carbonyl (C=O) groups excluding carboxylic acids is 2. The third kappa shape index (κ3) is 3.45. The number of piperidine rings is 1. The van der Waals surface area contributed by atoms with Crippen LogP contribution < -0.4 is 10.6 Å². The lowest BCUT2D eigenvalue weighted by Crippen LogP contribution is -2.45. The van der Waals surface area contributed by atoms with Crippen LogP contribution in [-0.2, 0) is 9.59 Å². The number of aliphatic hydroxyl groups excluding tert-OH is 1. The van der Waals surface area contributed by atoms with E-state index in [1.165, 1.54) is 0 Å². The molecule has 0 aromatic rings. The highest BCUT2D eigenvalue weighted by molar-refractivity contribution is 5.83. The minimum absolute atomic E-state index is 0.00720. The van der Waals surface area contributed by atoms with Gasteiger partial charge < -0.3 is 15.7 Å². The van der Waals surface area contributed by atoms with E-state index < -0.39 is 0 Å². The molecule has 3 unspecified atom stereocenters. The van der Waals surface area contributed by atoms with Crippen molar-refractivity contribution in [3.8, 4) is 0 Å². The van der Waals surface area contributed by atoms with Crippen LogP contribution in [0.25, 0.3) is 0 Å². The lowest BCUT2D eigenvalue weighted by atomic mass is 9.86. The highest BCUT2D eigenvalue weighted by Gasteiger charge is 2.27. The smallest absolute Gasteiger partial charge is 0.224 e. The van der Waals surface area contributed by atoms with Gasteiger partial charge >= 0.3 is 0 Å². The molecule has 5 heteroatoms. The van der Waals surface area contributed by atoms with Crippen LogP contribution in [0.1, 0.15) is 38.5 Å². The largest absolute Gasteiger partial charge is 0.393 e. The van der Waals surface area contributed by atoms with Crippen molar-refractivity contribution in [1.29, 1.82) is 0 Å². The Balaban J connectivity index is 1.72. The summed E-state index contributed by atoms with van der Waals surface area (Å²) in [5.74, 6) is 0.124. The van der Waals surface area contributed by atoms with Crippen molar-refractivity contribution in [2.45, 2.75) is 44.6 Å². The Morgan fingerprint density at radius 3 is 2.78 bits per heavy atom. The molecule has 1 aliphatic carbocycles. The van der Waals surface area contributed by atoms with E-state index in [1.54, 1.807) is 0 Å². The van der Waals surface area contributed by atoms with Crippen molar-refractivity contribution in [3.05, 3.63) is 0 Å². The standard InChI is InChI=1S/C13H22N2O3/c16-11-4-2-1-3-9(11)7-15-13(18)10-5-6-12(17)14-8-10/h9-11,16H,1-8H2,(H,14,17)(H,15,18). The molecule has 2 aliphatic rings. The molecule has 0 spiro atoms. The predicted octanol–water partition coefficient (Wildman–Crippen LogP) is 0.180. The first kappa shape index (κ1) is 13.3.